The zero-order valence-electron chi connectivity index (χ0n) is 8.81. The van der Waals surface area contributed by atoms with Crippen molar-refractivity contribution in [2.24, 2.45) is 0 Å². The fourth-order valence-corrected chi connectivity index (χ4v) is 2.74. The van der Waals surface area contributed by atoms with Crippen LogP contribution in [-0.2, 0) is 10.0 Å². The Morgan fingerprint density at radius 2 is 2.14 bits per heavy atom. The number of piperazine rings is 1. The quantitative estimate of drug-likeness (QED) is 0.692. The summed E-state index contributed by atoms with van der Waals surface area (Å²) in [6, 6.07) is 0.295. The molecule has 0 saturated carbocycles. The van der Waals surface area contributed by atoms with E-state index in [9.17, 15) is 8.42 Å². The molecule has 0 spiro atoms. The molecule has 0 amide bonds. The second-order valence-corrected chi connectivity index (χ2v) is 5.43. The van der Waals surface area contributed by atoms with Gasteiger partial charge < -0.3 is 0 Å². The molecule has 1 aliphatic rings. The minimum absolute atomic E-state index is 0.295. The molecule has 0 aromatic rings. The SMILES string of the molecule is C=CS(=O)(=O)N1CCN(CC)C(C)C1. The molecule has 1 rings (SSSR count). The van der Waals surface area contributed by atoms with Gasteiger partial charge in [0.2, 0.25) is 10.0 Å². The predicted octanol–water partition coefficient (Wildman–Crippen LogP) is 0.486. The third-order valence-corrected chi connectivity index (χ3v) is 4.18. The molecule has 0 aromatic heterocycles. The molecule has 0 N–H and O–H groups in total. The molecule has 1 unspecified atom stereocenters. The Balaban J connectivity index is 2.68. The number of rotatable bonds is 3. The molecule has 5 heteroatoms. The van der Waals surface area contributed by atoms with Crippen LogP contribution in [0.2, 0.25) is 0 Å². The summed E-state index contributed by atoms with van der Waals surface area (Å²) in [4.78, 5) is 2.27. The van der Waals surface area contributed by atoms with Crippen LogP contribution in [0.5, 0.6) is 0 Å². The number of hydrogen-bond donors (Lipinski definition) is 0. The first-order chi connectivity index (χ1) is 6.51. The fraction of sp³-hybridized carbons (Fsp3) is 0.778. The van der Waals surface area contributed by atoms with E-state index >= 15 is 0 Å². The van der Waals surface area contributed by atoms with E-state index in [1.54, 1.807) is 0 Å². The Morgan fingerprint density at radius 1 is 1.50 bits per heavy atom. The van der Waals surface area contributed by atoms with Gasteiger partial charge in [-0.25, -0.2) is 8.42 Å². The first kappa shape index (κ1) is 11.7. The second kappa shape index (κ2) is 4.42. The Bertz CT molecular complexity index is 300. The molecule has 1 saturated heterocycles. The molecule has 0 aliphatic carbocycles. The van der Waals surface area contributed by atoms with Crippen LogP contribution in [0.3, 0.4) is 0 Å². The number of sulfonamides is 1. The van der Waals surface area contributed by atoms with Gasteiger partial charge in [0.05, 0.1) is 0 Å². The smallest absolute Gasteiger partial charge is 0.235 e. The summed E-state index contributed by atoms with van der Waals surface area (Å²) in [5.41, 5.74) is 0. The number of likely N-dealkylation sites (N-methyl/N-ethyl adjacent to an activating group) is 1. The van der Waals surface area contributed by atoms with Gasteiger partial charge in [-0.15, -0.1) is 0 Å². The highest BCUT2D eigenvalue weighted by Crippen LogP contribution is 2.13. The molecule has 82 valence electrons. The zero-order valence-corrected chi connectivity index (χ0v) is 9.63. The highest BCUT2D eigenvalue weighted by Gasteiger charge is 2.28. The topological polar surface area (TPSA) is 40.6 Å². The summed E-state index contributed by atoms with van der Waals surface area (Å²) in [7, 11) is -3.22. The largest absolute Gasteiger partial charge is 0.298 e. The predicted molar refractivity (Wildman–Crippen MR) is 57.4 cm³/mol. The number of nitrogens with zero attached hydrogens (tertiary/aromatic N) is 2. The molecule has 0 radical (unpaired) electrons. The van der Waals surface area contributed by atoms with Crippen LogP contribution in [-0.4, -0.2) is 49.8 Å². The lowest BCUT2D eigenvalue weighted by molar-refractivity contribution is 0.136. The van der Waals surface area contributed by atoms with Crippen molar-refractivity contribution in [3.8, 4) is 0 Å². The molecular weight excluding hydrogens is 200 g/mol. The van der Waals surface area contributed by atoms with Gasteiger partial charge in [0.15, 0.2) is 0 Å². The fourth-order valence-electron chi connectivity index (χ4n) is 1.77. The van der Waals surface area contributed by atoms with Crippen LogP contribution < -0.4 is 0 Å². The van der Waals surface area contributed by atoms with Crippen molar-refractivity contribution >= 4 is 10.0 Å². The average molecular weight is 218 g/mol. The lowest BCUT2D eigenvalue weighted by Crippen LogP contribution is -2.52. The Labute approximate surface area is 86.2 Å². The van der Waals surface area contributed by atoms with Crippen LogP contribution in [0.1, 0.15) is 13.8 Å². The Hall–Kier alpha value is -0.390. The minimum atomic E-state index is -3.22. The maximum Gasteiger partial charge on any atom is 0.235 e. The third-order valence-electron chi connectivity index (χ3n) is 2.70. The molecule has 14 heavy (non-hydrogen) atoms. The van der Waals surface area contributed by atoms with Crippen molar-refractivity contribution in [2.45, 2.75) is 19.9 Å². The highest BCUT2D eigenvalue weighted by atomic mass is 32.2. The van der Waals surface area contributed by atoms with E-state index in [-0.39, 0.29) is 0 Å². The van der Waals surface area contributed by atoms with Crippen LogP contribution in [0.25, 0.3) is 0 Å². The van der Waals surface area contributed by atoms with E-state index in [0.717, 1.165) is 18.5 Å². The van der Waals surface area contributed by atoms with Gasteiger partial charge in [0.25, 0.3) is 0 Å². The monoisotopic (exact) mass is 218 g/mol. The van der Waals surface area contributed by atoms with Gasteiger partial charge in [-0.3, -0.25) is 4.90 Å². The van der Waals surface area contributed by atoms with Gasteiger partial charge in [-0.05, 0) is 13.5 Å². The highest BCUT2D eigenvalue weighted by molar-refractivity contribution is 7.92. The first-order valence-corrected chi connectivity index (χ1v) is 6.38. The molecule has 4 nitrogen and oxygen atoms in total. The van der Waals surface area contributed by atoms with E-state index in [4.69, 9.17) is 0 Å². The van der Waals surface area contributed by atoms with Gasteiger partial charge >= 0.3 is 0 Å². The van der Waals surface area contributed by atoms with E-state index in [2.05, 4.69) is 18.4 Å². The maximum atomic E-state index is 11.5. The molecule has 1 heterocycles. The van der Waals surface area contributed by atoms with Crippen LogP contribution in [0.15, 0.2) is 12.0 Å². The van der Waals surface area contributed by atoms with E-state index < -0.39 is 10.0 Å². The lowest BCUT2D eigenvalue weighted by atomic mass is 10.2. The zero-order chi connectivity index (χ0) is 10.8. The summed E-state index contributed by atoms with van der Waals surface area (Å²) in [5, 5.41) is 1.03. The summed E-state index contributed by atoms with van der Waals surface area (Å²) in [6.07, 6.45) is 0. The minimum Gasteiger partial charge on any atom is -0.298 e. The van der Waals surface area contributed by atoms with E-state index in [0.29, 0.717) is 19.1 Å². The average Bonchev–Trinajstić information content (AvgIpc) is 2.17. The van der Waals surface area contributed by atoms with E-state index in [1.807, 2.05) is 6.92 Å². The van der Waals surface area contributed by atoms with Gasteiger partial charge in [-0.2, -0.15) is 4.31 Å². The van der Waals surface area contributed by atoms with Crippen molar-refractivity contribution in [3.05, 3.63) is 12.0 Å². The summed E-state index contributed by atoms with van der Waals surface area (Å²) >= 11 is 0. The molecule has 1 aliphatic heterocycles. The summed E-state index contributed by atoms with van der Waals surface area (Å²) < 4.78 is 24.5. The molecule has 1 fully saturated rings. The van der Waals surface area contributed by atoms with E-state index in [1.165, 1.54) is 4.31 Å². The molecule has 1 atom stereocenters. The van der Waals surface area contributed by atoms with Crippen molar-refractivity contribution < 1.29 is 8.42 Å². The second-order valence-electron chi connectivity index (χ2n) is 3.55. The standard InChI is InChI=1S/C9H18N2O2S/c1-4-10-6-7-11(8-9(10)3)14(12,13)5-2/h5,9H,2,4,6-8H2,1,3H3. The van der Waals surface area contributed by atoms with Crippen LogP contribution >= 0.6 is 0 Å². The summed E-state index contributed by atoms with van der Waals surface area (Å²) in [5.74, 6) is 0. The van der Waals surface area contributed by atoms with Crippen LogP contribution in [0.4, 0.5) is 0 Å². The molecular formula is C9H18N2O2S. The van der Waals surface area contributed by atoms with Gasteiger partial charge in [-0.1, -0.05) is 13.5 Å². The van der Waals surface area contributed by atoms with Gasteiger partial charge in [0, 0.05) is 31.1 Å². The van der Waals surface area contributed by atoms with Crippen molar-refractivity contribution in [1.82, 2.24) is 9.21 Å². The Kier molecular flexibility index (Phi) is 3.69. The normalized spacial score (nSPS) is 26.3. The van der Waals surface area contributed by atoms with Crippen molar-refractivity contribution in [3.63, 3.8) is 0 Å². The Morgan fingerprint density at radius 3 is 2.57 bits per heavy atom. The summed E-state index contributed by atoms with van der Waals surface area (Å²) in [6.45, 7) is 10.4. The first-order valence-electron chi connectivity index (χ1n) is 4.88. The maximum absolute atomic E-state index is 11.5. The molecule has 0 bridgehead atoms. The lowest BCUT2D eigenvalue weighted by Gasteiger charge is -2.37. The molecule has 0 aromatic carbocycles. The van der Waals surface area contributed by atoms with Crippen molar-refractivity contribution in [2.75, 3.05) is 26.2 Å². The van der Waals surface area contributed by atoms with Crippen LogP contribution in [0, 0.1) is 0 Å². The van der Waals surface area contributed by atoms with Gasteiger partial charge in [0.1, 0.15) is 0 Å². The van der Waals surface area contributed by atoms with Crippen molar-refractivity contribution in [1.29, 1.82) is 0 Å². The number of hydrogen-bond acceptors (Lipinski definition) is 3. The third kappa shape index (κ3) is 2.34.